The molecule has 1 unspecified atom stereocenters. The summed E-state index contributed by atoms with van der Waals surface area (Å²) in [5.41, 5.74) is 11.4. The number of benzene rings is 1. The van der Waals surface area contributed by atoms with Gasteiger partial charge in [-0.3, -0.25) is 0 Å². The molecule has 0 aliphatic heterocycles. The molecule has 3 nitrogen and oxygen atoms in total. The van der Waals surface area contributed by atoms with Gasteiger partial charge in [-0.05, 0) is 12.1 Å². The van der Waals surface area contributed by atoms with Gasteiger partial charge >= 0.3 is 0 Å². The summed E-state index contributed by atoms with van der Waals surface area (Å²) >= 11 is 0. The molecule has 0 aromatic heterocycles. The highest BCUT2D eigenvalue weighted by atomic mass is 16.3. The molecule has 1 aromatic rings. The van der Waals surface area contributed by atoms with Crippen LogP contribution < -0.4 is 11.5 Å². The summed E-state index contributed by atoms with van der Waals surface area (Å²) < 4.78 is 0. The van der Waals surface area contributed by atoms with Gasteiger partial charge in [-0.25, -0.2) is 0 Å². The van der Waals surface area contributed by atoms with E-state index >= 15 is 0 Å². The highest BCUT2D eigenvalue weighted by Gasteiger charge is 1.94. The zero-order valence-corrected chi connectivity index (χ0v) is 7.20. The second-order valence-electron chi connectivity index (χ2n) is 2.63. The Labute approximate surface area is 77.4 Å². The quantitative estimate of drug-likeness (QED) is 0.528. The minimum atomic E-state index is -0.334. The molecule has 1 atom stereocenters. The summed E-state index contributed by atoms with van der Waals surface area (Å²) in [6.45, 7) is 0.320. The largest absolute Gasteiger partial charge is 0.507 e. The molecule has 0 bridgehead atoms. The number of phenolic OH excluding ortho intramolecular Hbond substituents is 1. The van der Waals surface area contributed by atoms with Crippen molar-refractivity contribution in [1.82, 2.24) is 0 Å². The van der Waals surface area contributed by atoms with E-state index in [0.29, 0.717) is 12.1 Å². The van der Waals surface area contributed by atoms with Crippen LogP contribution in [0.5, 0.6) is 5.75 Å². The first-order valence-electron chi connectivity index (χ1n) is 3.99. The van der Waals surface area contributed by atoms with E-state index in [1.165, 1.54) is 0 Å². The third-order valence-electron chi connectivity index (χ3n) is 1.55. The summed E-state index contributed by atoms with van der Waals surface area (Å²) in [6, 6.07) is 6.52. The van der Waals surface area contributed by atoms with E-state index in [2.05, 4.69) is 11.8 Å². The van der Waals surface area contributed by atoms with Gasteiger partial charge in [-0.1, -0.05) is 24.0 Å². The van der Waals surface area contributed by atoms with Crippen molar-refractivity contribution in [1.29, 1.82) is 0 Å². The van der Waals surface area contributed by atoms with Gasteiger partial charge in [0, 0.05) is 6.54 Å². The molecule has 1 rings (SSSR count). The third kappa shape index (κ3) is 2.79. The lowest BCUT2D eigenvalue weighted by Crippen LogP contribution is -2.27. The molecular formula is C10H12N2O. The molecule has 0 aliphatic carbocycles. The Hall–Kier alpha value is -1.50. The maximum absolute atomic E-state index is 9.32. The SMILES string of the molecule is NCC(N)C#Cc1ccccc1O. The Balaban J connectivity index is 2.83. The van der Waals surface area contributed by atoms with E-state index in [9.17, 15) is 5.11 Å². The fourth-order valence-corrected chi connectivity index (χ4v) is 0.809. The molecule has 0 fully saturated rings. The number of para-hydroxylation sites is 1. The number of rotatable bonds is 1. The van der Waals surface area contributed by atoms with Gasteiger partial charge in [0.15, 0.2) is 0 Å². The number of hydrogen-bond donors (Lipinski definition) is 3. The Kier molecular flexibility index (Phi) is 3.32. The van der Waals surface area contributed by atoms with Crippen LogP contribution in [0.25, 0.3) is 0 Å². The van der Waals surface area contributed by atoms with Crippen LogP contribution in [0.15, 0.2) is 24.3 Å². The summed E-state index contributed by atoms with van der Waals surface area (Å²) in [6.07, 6.45) is 0. The molecule has 1 aromatic carbocycles. The van der Waals surface area contributed by atoms with E-state index < -0.39 is 0 Å². The van der Waals surface area contributed by atoms with Crippen molar-refractivity contribution in [2.45, 2.75) is 6.04 Å². The van der Waals surface area contributed by atoms with Gasteiger partial charge in [0.1, 0.15) is 5.75 Å². The molecule has 0 saturated heterocycles. The van der Waals surface area contributed by atoms with Gasteiger partial charge in [-0.15, -0.1) is 0 Å². The smallest absolute Gasteiger partial charge is 0.131 e. The highest BCUT2D eigenvalue weighted by Crippen LogP contribution is 2.13. The molecule has 3 heteroatoms. The lowest BCUT2D eigenvalue weighted by Gasteiger charge is -1.97. The normalized spacial score (nSPS) is 11.5. The highest BCUT2D eigenvalue weighted by molar-refractivity contribution is 5.45. The molecule has 0 amide bonds. The van der Waals surface area contributed by atoms with E-state index in [4.69, 9.17) is 11.5 Å². The van der Waals surface area contributed by atoms with Crippen molar-refractivity contribution < 1.29 is 5.11 Å². The summed E-state index contributed by atoms with van der Waals surface area (Å²) in [5.74, 6) is 5.66. The van der Waals surface area contributed by atoms with Crippen LogP contribution in [-0.2, 0) is 0 Å². The molecule has 5 N–H and O–H groups in total. The minimum absolute atomic E-state index is 0.166. The van der Waals surface area contributed by atoms with Crippen LogP contribution >= 0.6 is 0 Å². The second kappa shape index (κ2) is 4.51. The zero-order chi connectivity index (χ0) is 9.68. The maximum atomic E-state index is 9.32. The van der Waals surface area contributed by atoms with Crippen molar-refractivity contribution in [3.8, 4) is 17.6 Å². The summed E-state index contributed by atoms with van der Waals surface area (Å²) in [4.78, 5) is 0. The predicted octanol–water partition coefficient (Wildman–Crippen LogP) is 0.0297. The Morgan fingerprint density at radius 3 is 2.69 bits per heavy atom. The van der Waals surface area contributed by atoms with Gasteiger partial charge in [-0.2, -0.15) is 0 Å². The molecule has 0 spiro atoms. The molecule has 0 saturated carbocycles. The average Bonchev–Trinajstić information content (AvgIpc) is 2.16. The van der Waals surface area contributed by atoms with E-state index in [1.54, 1.807) is 24.3 Å². The van der Waals surface area contributed by atoms with Crippen molar-refractivity contribution in [2.24, 2.45) is 11.5 Å². The van der Waals surface area contributed by atoms with Crippen LogP contribution in [0.3, 0.4) is 0 Å². The molecular weight excluding hydrogens is 164 g/mol. The lowest BCUT2D eigenvalue weighted by molar-refractivity contribution is 0.473. The Morgan fingerprint density at radius 1 is 1.38 bits per heavy atom. The van der Waals surface area contributed by atoms with Crippen LogP contribution in [0.4, 0.5) is 0 Å². The number of nitrogens with two attached hydrogens (primary N) is 2. The van der Waals surface area contributed by atoms with Crippen molar-refractivity contribution in [2.75, 3.05) is 6.54 Å². The molecule has 68 valence electrons. The predicted molar refractivity (Wildman–Crippen MR) is 52.0 cm³/mol. The van der Waals surface area contributed by atoms with E-state index in [1.807, 2.05) is 0 Å². The van der Waals surface area contributed by atoms with Gasteiger partial charge in [0.05, 0.1) is 11.6 Å². The van der Waals surface area contributed by atoms with Crippen LogP contribution in [0, 0.1) is 11.8 Å². The molecule has 0 heterocycles. The van der Waals surface area contributed by atoms with Crippen molar-refractivity contribution in [3.63, 3.8) is 0 Å². The van der Waals surface area contributed by atoms with Gasteiger partial charge < -0.3 is 16.6 Å². The Bertz CT molecular complexity index is 338. The standard InChI is InChI=1S/C10H12N2O/c11-7-9(12)6-5-8-3-1-2-4-10(8)13/h1-4,9,13H,7,11-12H2. The van der Waals surface area contributed by atoms with E-state index in [-0.39, 0.29) is 11.8 Å². The third-order valence-corrected chi connectivity index (χ3v) is 1.55. The minimum Gasteiger partial charge on any atom is -0.507 e. The zero-order valence-electron chi connectivity index (χ0n) is 7.20. The van der Waals surface area contributed by atoms with Crippen LogP contribution in [0.1, 0.15) is 5.56 Å². The van der Waals surface area contributed by atoms with Crippen LogP contribution in [-0.4, -0.2) is 17.7 Å². The Morgan fingerprint density at radius 2 is 2.08 bits per heavy atom. The van der Waals surface area contributed by atoms with Gasteiger partial charge in [0.2, 0.25) is 0 Å². The van der Waals surface area contributed by atoms with Gasteiger partial charge in [0.25, 0.3) is 0 Å². The second-order valence-corrected chi connectivity index (χ2v) is 2.63. The van der Waals surface area contributed by atoms with Crippen LogP contribution in [0.2, 0.25) is 0 Å². The monoisotopic (exact) mass is 176 g/mol. The summed E-state index contributed by atoms with van der Waals surface area (Å²) in [5, 5.41) is 9.32. The van der Waals surface area contributed by atoms with E-state index in [0.717, 1.165) is 0 Å². The molecule has 13 heavy (non-hydrogen) atoms. The first-order valence-corrected chi connectivity index (χ1v) is 3.99. The first kappa shape index (κ1) is 9.59. The van der Waals surface area contributed by atoms with Crippen molar-refractivity contribution >= 4 is 0 Å². The van der Waals surface area contributed by atoms with Crippen molar-refractivity contribution in [3.05, 3.63) is 29.8 Å². The fraction of sp³-hybridized carbons (Fsp3) is 0.200. The maximum Gasteiger partial charge on any atom is 0.131 e. The molecule has 0 radical (unpaired) electrons. The lowest BCUT2D eigenvalue weighted by atomic mass is 10.2. The average molecular weight is 176 g/mol. The number of phenols is 1. The fourth-order valence-electron chi connectivity index (χ4n) is 0.809. The molecule has 0 aliphatic rings. The number of hydrogen-bond acceptors (Lipinski definition) is 3. The topological polar surface area (TPSA) is 72.3 Å². The summed E-state index contributed by atoms with van der Waals surface area (Å²) in [7, 11) is 0. The number of aromatic hydroxyl groups is 1. The first-order chi connectivity index (χ1) is 6.24.